The van der Waals surface area contributed by atoms with E-state index in [1.807, 2.05) is 24.3 Å². The SMILES string of the molecule is COc1ccccc1CC(CBr)Cc1ccc(F)cc1F. The van der Waals surface area contributed by atoms with Crippen molar-refractivity contribution >= 4 is 15.9 Å². The molecule has 0 spiro atoms. The molecule has 0 fully saturated rings. The predicted molar refractivity (Wildman–Crippen MR) is 84.0 cm³/mol. The van der Waals surface area contributed by atoms with Crippen LogP contribution in [-0.4, -0.2) is 12.4 Å². The molecule has 0 bridgehead atoms. The molecule has 4 heteroatoms. The number of rotatable bonds is 6. The first-order chi connectivity index (χ1) is 10.1. The Hall–Kier alpha value is -1.42. The third-order valence-corrected chi connectivity index (χ3v) is 4.36. The summed E-state index contributed by atoms with van der Waals surface area (Å²) in [5.41, 5.74) is 1.63. The molecule has 2 aromatic rings. The maximum absolute atomic E-state index is 13.8. The normalized spacial score (nSPS) is 12.2. The van der Waals surface area contributed by atoms with Crippen molar-refractivity contribution < 1.29 is 13.5 Å². The van der Waals surface area contributed by atoms with E-state index in [0.717, 1.165) is 29.1 Å². The van der Waals surface area contributed by atoms with Gasteiger partial charge in [0, 0.05) is 11.4 Å². The highest BCUT2D eigenvalue weighted by Gasteiger charge is 2.15. The molecular weight excluding hydrogens is 338 g/mol. The maximum Gasteiger partial charge on any atom is 0.129 e. The van der Waals surface area contributed by atoms with Gasteiger partial charge in [0.15, 0.2) is 0 Å². The first-order valence-corrected chi connectivity index (χ1v) is 7.88. The highest BCUT2D eigenvalue weighted by molar-refractivity contribution is 9.09. The predicted octanol–water partition coefficient (Wildman–Crippen LogP) is 4.77. The summed E-state index contributed by atoms with van der Waals surface area (Å²) in [6.07, 6.45) is 1.32. The van der Waals surface area contributed by atoms with Crippen molar-refractivity contribution in [2.75, 3.05) is 12.4 Å². The van der Waals surface area contributed by atoms with Crippen molar-refractivity contribution in [2.45, 2.75) is 12.8 Å². The molecule has 0 aromatic heterocycles. The summed E-state index contributed by atoms with van der Waals surface area (Å²) < 4.78 is 32.0. The van der Waals surface area contributed by atoms with E-state index in [9.17, 15) is 8.78 Å². The van der Waals surface area contributed by atoms with Gasteiger partial charge in [-0.15, -0.1) is 0 Å². The molecule has 2 aromatic carbocycles. The maximum atomic E-state index is 13.8. The van der Waals surface area contributed by atoms with Gasteiger partial charge in [-0.25, -0.2) is 8.78 Å². The molecule has 0 amide bonds. The van der Waals surface area contributed by atoms with Crippen molar-refractivity contribution in [3.8, 4) is 5.75 Å². The zero-order valence-corrected chi connectivity index (χ0v) is 13.4. The second kappa shape index (κ2) is 7.55. The molecule has 1 nitrogen and oxygen atoms in total. The van der Waals surface area contributed by atoms with Crippen molar-refractivity contribution in [3.63, 3.8) is 0 Å². The second-order valence-corrected chi connectivity index (χ2v) is 5.62. The number of methoxy groups -OCH3 is 1. The van der Waals surface area contributed by atoms with Crippen LogP contribution in [0.15, 0.2) is 42.5 Å². The Labute approximate surface area is 132 Å². The Balaban J connectivity index is 2.13. The van der Waals surface area contributed by atoms with Gasteiger partial charge in [-0.05, 0) is 42.0 Å². The molecule has 1 atom stereocenters. The fourth-order valence-corrected chi connectivity index (χ4v) is 2.82. The molecule has 0 heterocycles. The summed E-state index contributed by atoms with van der Waals surface area (Å²) in [6, 6.07) is 11.6. The third kappa shape index (κ3) is 4.27. The summed E-state index contributed by atoms with van der Waals surface area (Å²) in [5.74, 6) is 0.0154. The number of para-hydroxylation sites is 1. The van der Waals surface area contributed by atoms with E-state index >= 15 is 0 Å². The molecule has 2 rings (SSSR count). The summed E-state index contributed by atoms with van der Waals surface area (Å²) in [5, 5.41) is 0.738. The number of benzene rings is 2. The molecule has 0 radical (unpaired) electrons. The van der Waals surface area contributed by atoms with E-state index in [-0.39, 0.29) is 5.92 Å². The lowest BCUT2D eigenvalue weighted by molar-refractivity contribution is 0.405. The quantitative estimate of drug-likeness (QED) is 0.679. The van der Waals surface area contributed by atoms with E-state index in [1.54, 1.807) is 7.11 Å². The third-order valence-electron chi connectivity index (χ3n) is 3.44. The Morgan fingerprint density at radius 2 is 1.76 bits per heavy atom. The average molecular weight is 355 g/mol. The Kier molecular flexibility index (Phi) is 5.74. The Morgan fingerprint density at radius 1 is 1.05 bits per heavy atom. The van der Waals surface area contributed by atoms with Gasteiger partial charge in [-0.1, -0.05) is 40.2 Å². The standard InChI is InChI=1S/C17H17BrF2O/c1-21-17-5-3-2-4-14(17)9-12(11-18)8-13-6-7-15(19)10-16(13)20/h2-7,10,12H,8-9,11H2,1H3. The van der Waals surface area contributed by atoms with Gasteiger partial charge in [0.05, 0.1) is 7.11 Å². The summed E-state index contributed by atoms with van der Waals surface area (Å²) in [4.78, 5) is 0. The number of alkyl halides is 1. The van der Waals surface area contributed by atoms with Crippen LogP contribution in [0.5, 0.6) is 5.75 Å². The van der Waals surface area contributed by atoms with E-state index in [4.69, 9.17) is 4.74 Å². The van der Waals surface area contributed by atoms with Crippen molar-refractivity contribution in [1.29, 1.82) is 0 Å². The zero-order valence-electron chi connectivity index (χ0n) is 11.8. The van der Waals surface area contributed by atoms with Crippen LogP contribution < -0.4 is 4.74 Å². The van der Waals surface area contributed by atoms with Gasteiger partial charge in [-0.3, -0.25) is 0 Å². The molecule has 0 saturated carbocycles. The van der Waals surface area contributed by atoms with Gasteiger partial charge in [0.25, 0.3) is 0 Å². The van der Waals surface area contributed by atoms with Crippen LogP contribution in [0.3, 0.4) is 0 Å². The van der Waals surface area contributed by atoms with Crippen LogP contribution in [0.1, 0.15) is 11.1 Å². The molecule has 0 aliphatic rings. The lowest BCUT2D eigenvalue weighted by Gasteiger charge is -2.16. The minimum absolute atomic E-state index is 0.210. The molecular formula is C17H17BrF2O. The van der Waals surface area contributed by atoms with Gasteiger partial charge in [0.1, 0.15) is 17.4 Å². The zero-order chi connectivity index (χ0) is 15.2. The van der Waals surface area contributed by atoms with E-state index in [2.05, 4.69) is 15.9 Å². The minimum Gasteiger partial charge on any atom is -0.496 e. The lowest BCUT2D eigenvalue weighted by Crippen LogP contribution is -2.12. The van der Waals surface area contributed by atoms with Crippen LogP contribution in [0.4, 0.5) is 8.78 Å². The van der Waals surface area contributed by atoms with Crippen LogP contribution >= 0.6 is 15.9 Å². The molecule has 0 aliphatic carbocycles. The minimum atomic E-state index is -0.545. The highest BCUT2D eigenvalue weighted by Crippen LogP contribution is 2.24. The highest BCUT2D eigenvalue weighted by atomic mass is 79.9. The van der Waals surface area contributed by atoms with Gasteiger partial charge >= 0.3 is 0 Å². The van der Waals surface area contributed by atoms with E-state index < -0.39 is 11.6 Å². The monoisotopic (exact) mass is 354 g/mol. The number of halogens is 3. The van der Waals surface area contributed by atoms with Crippen LogP contribution in [0.25, 0.3) is 0 Å². The van der Waals surface area contributed by atoms with E-state index in [0.29, 0.717) is 12.0 Å². The molecule has 0 N–H and O–H groups in total. The fraction of sp³-hybridized carbons (Fsp3) is 0.294. The molecule has 112 valence electrons. The topological polar surface area (TPSA) is 9.23 Å². The second-order valence-electron chi connectivity index (χ2n) is 4.98. The summed E-state index contributed by atoms with van der Waals surface area (Å²) in [7, 11) is 1.64. The Bertz CT molecular complexity index is 601. The van der Waals surface area contributed by atoms with Gasteiger partial charge in [-0.2, -0.15) is 0 Å². The first kappa shape index (κ1) is 16.0. The van der Waals surface area contributed by atoms with E-state index in [1.165, 1.54) is 12.1 Å². The molecule has 21 heavy (non-hydrogen) atoms. The van der Waals surface area contributed by atoms with Gasteiger partial charge in [0.2, 0.25) is 0 Å². The number of hydrogen-bond acceptors (Lipinski definition) is 1. The van der Waals surface area contributed by atoms with Crippen LogP contribution in [0.2, 0.25) is 0 Å². The molecule has 0 aliphatic heterocycles. The van der Waals surface area contributed by atoms with Crippen molar-refractivity contribution in [2.24, 2.45) is 5.92 Å². The molecule has 1 unspecified atom stereocenters. The average Bonchev–Trinajstić information content (AvgIpc) is 2.49. The largest absolute Gasteiger partial charge is 0.496 e. The fourth-order valence-electron chi connectivity index (χ4n) is 2.36. The van der Waals surface area contributed by atoms with Gasteiger partial charge < -0.3 is 4.74 Å². The lowest BCUT2D eigenvalue weighted by atomic mass is 9.93. The summed E-state index contributed by atoms with van der Waals surface area (Å²) >= 11 is 3.48. The first-order valence-electron chi connectivity index (χ1n) is 6.75. The molecule has 0 saturated heterocycles. The van der Waals surface area contributed by atoms with Crippen LogP contribution in [0, 0.1) is 17.6 Å². The Morgan fingerprint density at radius 3 is 2.43 bits per heavy atom. The summed E-state index contributed by atoms with van der Waals surface area (Å²) in [6.45, 7) is 0. The van der Waals surface area contributed by atoms with Crippen LogP contribution in [-0.2, 0) is 12.8 Å². The van der Waals surface area contributed by atoms with Crippen molar-refractivity contribution in [1.82, 2.24) is 0 Å². The number of ether oxygens (including phenoxy) is 1. The number of hydrogen-bond donors (Lipinski definition) is 0. The smallest absolute Gasteiger partial charge is 0.129 e. The van der Waals surface area contributed by atoms with Crippen molar-refractivity contribution in [3.05, 3.63) is 65.2 Å².